The lowest BCUT2D eigenvalue weighted by Gasteiger charge is -2.24. The van der Waals surface area contributed by atoms with Crippen molar-refractivity contribution in [1.82, 2.24) is 5.01 Å². The highest BCUT2D eigenvalue weighted by molar-refractivity contribution is 5.75. The van der Waals surface area contributed by atoms with Gasteiger partial charge < -0.3 is 5.11 Å². The van der Waals surface area contributed by atoms with E-state index in [9.17, 15) is 9.59 Å². The molecule has 112 valence electrons. The first-order valence-electron chi connectivity index (χ1n) is 6.99. The van der Waals surface area contributed by atoms with Gasteiger partial charge in [-0.25, -0.2) is 5.84 Å². The Bertz CT molecular complexity index is 290. The van der Waals surface area contributed by atoms with E-state index in [1.807, 2.05) is 13.8 Å². The van der Waals surface area contributed by atoms with Gasteiger partial charge in [-0.15, -0.1) is 0 Å². The molecule has 0 fully saturated rings. The Morgan fingerprint density at radius 1 is 1.16 bits per heavy atom. The summed E-state index contributed by atoms with van der Waals surface area (Å²) in [6.45, 7) is 8.51. The fourth-order valence-corrected chi connectivity index (χ4v) is 2.07. The molecule has 0 aliphatic heterocycles. The molecule has 0 radical (unpaired) electrons. The molecule has 0 aliphatic rings. The van der Waals surface area contributed by atoms with Crippen LogP contribution in [0.1, 0.15) is 53.4 Å². The van der Waals surface area contributed by atoms with Crippen LogP contribution in [0.2, 0.25) is 0 Å². The zero-order valence-electron chi connectivity index (χ0n) is 12.6. The van der Waals surface area contributed by atoms with E-state index in [0.29, 0.717) is 24.8 Å². The molecule has 0 rings (SSSR count). The lowest BCUT2D eigenvalue weighted by atomic mass is 9.94. The summed E-state index contributed by atoms with van der Waals surface area (Å²) in [5.41, 5.74) is 0. The number of carboxylic acid groups (broad SMARTS) is 1. The molecule has 1 amide bonds. The Morgan fingerprint density at radius 3 is 2.16 bits per heavy atom. The predicted octanol–water partition coefficient (Wildman–Crippen LogP) is 2.26. The highest BCUT2D eigenvalue weighted by Crippen LogP contribution is 2.17. The second kappa shape index (κ2) is 8.91. The van der Waals surface area contributed by atoms with E-state index >= 15 is 0 Å². The third kappa shape index (κ3) is 9.47. The van der Waals surface area contributed by atoms with E-state index in [1.54, 1.807) is 0 Å². The van der Waals surface area contributed by atoms with Crippen LogP contribution in [-0.4, -0.2) is 28.5 Å². The lowest BCUT2D eigenvalue weighted by molar-refractivity contribution is -0.140. The SMILES string of the molecule is CC(C)CCC(=O)N(N)CC(CC(=O)O)CC(C)C. The molecule has 1 atom stereocenters. The topological polar surface area (TPSA) is 83.6 Å². The van der Waals surface area contributed by atoms with Crippen LogP contribution in [0.15, 0.2) is 0 Å². The number of nitrogens with two attached hydrogens (primary N) is 1. The van der Waals surface area contributed by atoms with Gasteiger partial charge in [-0.3, -0.25) is 14.6 Å². The highest BCUT2D eigenvalue weighted by Gasteiger charge is 2.20. The van der Waals surface area contributed by atoms with E-state index in [2.05, 4.69) is 13.8 Å². The molecule has 0 aliphatic carbocycles. The van der Waals surface area contributed by atoms with Gasteiger partial charge in [0.2, 0.25) is 5.91 Å². The minimum atomic E-state index is -0.839. The average Bonchev–Trinajstić information content (AvgIpc) is 2.23. The van der Waals surface area contributed by atoms with Gasteiger partial charge in [0.25, 0.3) is 0 Å². The zero-order chi connectivity index (χ0) is 15.0. The van der Waals surface area contributed by atoms with Gasteiger partial charge in [0.05, 0.1) is 0 Å². The molecule has 0 aromatic rings. The summed E-state index contributed by atoms with van der Waals surface area (Å²) in [7, 11) is 0. The molecule has 0 saturated carbocycles. The number of hydrogen-bond donors (Lipinski definition) is 2. The average molecular weight is 272 g/mol. The highest BCUT2D eigenvalue weighted by atomic mass is 16.4. The number of carboxylic acids is 1. The number of carbonyl (C=O) groups is 2. The van der Waals surface area contributed by atoms with E-state index < -0.39 is 5.97 Å². The van der Waals surface area contributed by atoms with Gasteiger partial charge in [0, 0.05) is 19.4 Å². The second-order valence-electron chi connectivity index (χ2n) is 6.07. The Kier molecular flexibility index (Phi) is 8.39. The minimum absolute atomic E-state index is 0.0589. The molecule has 0 saturated heterocycles. The standard InChI is InChI=1S/C14H28N2O3/c1-10(2)5-6-13(17)16(15)9-12(7-11(3)4)8-14(18)19/h10-12H,5-9,15H2,1-4H3,(H,18,19). The predicted molar refractivity (Wildman–Crippen MR) is 75.2 cm³/mol. The normalized spacial score (nSPS) is 12.8. The van der Waals surface area contributed by atoms with Crippen LogP contribution >= 0.6 is 0 Å². The largest absolute Gasteiger partial charge is 0.481 e. The van der Waals surface area contributed by atoms with Crippen LogP contribution in [-0.2, 0) is 9.59 Å². The Balaban J connectivity index is 4.31. The zero-order valence-corrected chi connectivity index (χ0v) is 12.6. The Labute approximate surface area is 116 Å². The summed E-state index contributed by atoms with van der Waals surface area (Å²) in [5, 5.41) is 10.1. The first kappa shape index (κ1) is 17.9. The number of aliphatic carboxylic acids is 1. The van der Waals surface area contributed by atoms with Crippen molar-refractivity contribution < 1.29 is 14.7 Å². The number of carbonyl (C=O) groups excluding carboxylic acids is 1. The smallest absolute Gasteiger partial charge is 0.303 e. The molecule has 5 heteroatoms. The van der Waals surface area contributed by atoms with E-state index in [-0.39, 0.29) is 18.2 Å². The Hall–Kier alpha value is -1.10. The molecular weight excluding hydrogens is 244 g/mol. The third-order valence-corrected chi connectivity index (χ3v) is 2.98. The van der Waals surface area contributed by atoms with Crippen LogP contribution in [0.3, 0.4) is 0 Å². The van der Waals surface area contributed by atoms with E-state index in [4.69, 9.17) is 10.9 Å². The summed E-state index contributed by atoms with van der Waals surface area (Å²) in [6, 6.07) is 0. The first-order chi connectivity index (χ1) is 8.72. The van der Waals surface area contributed by atoms with E-state index in [0.717, 1.165) is 12.8 Å². The lowest BCUT2D eigenvalue weighted by Crippen LogP contribution is -2.41. The molecular formula is C14H28N2O3. The fourth-order valence-electron chi connectivity index (χ4n) is 2.07. The Morgan fingerprint density at radius 2 is 1.74 bits per heavy atom. The van der Waals surface area contributed by atoms with Gasteiger partial charge >= 0.3 is 5.97 Å². The summed E-state index contributed by atoms with van der Waals surface area (Å²) in [6.07, 6.45) is 2.05. The first-order valence-corrected chi connectivity index (χ1v) is 6.99. The van der Waals surface area contributed by atoms with Crippen LogP contribution in [0, 0.1) is 17.8 Å². The summed E-state index contributed by atoms with van der Waals surface area (Å²) in [4.78, 5) is 22.6. The van der Waals surface area contributed by atoms with Gasteiger partial charge in [-0.2, -0.15) is 0 Å². The molecule has 0 bridgehead atoms. The van der Waals surface area contributed by atoms with Crippen molar-refractivity contribution in [2.75, 3.05) is 6.54 Å². The molecule has 0 heterocycles. The van der Waals surface area contributed by atoms with Crippen molar-refractivity contribution in [2.45, 2.75) is 53.4 Å². The molecule has 1 unspecified atom stereocenters. The van der Waals surface area contributed by atoms with Crippen molar-refractivity contribution >= 4 is 11.9 Å². The maximum absolute atomic E-state index is 11.8. The molecule has 5 nitrogen and oxygen atoms in total. The number of nitrogens with zero attached hydrogens (tertiary/aromatic N) is 1. The quantitative estimate of drug-likeness (QED) is 0.383. The van der Waals surface area contributed by atoms with Crippen molar-refractivity contribution in [3.8, 4) is 0 Å². The maximum atomic E-state index is 11.8. The number of hydrogen-bond acceptors (Lipinski definition) is 3. The number of hydrazine groups is 1. The second-order valence-corrected chi connectivity index (χ2v) is 6.07. The van der Waals surface area contributed by atoms with Gasteiger partial charge in [-0.05, 0) is 30.6 Å². The molecule has 0 spiro atoms. The van der Waals surface area contributed by atoms with Crippen LogP contribution < -0.4 is 5.84 Å². The molecule has 0 aromatic carbocycles. The van der Waals surface area contributed by atoms with Crippen LogP contribution in [0.5, 0.6) is 0 Å². The summed E-state index contributed by atoms with van der Waals surface area (Å²) < 4.78 is 0. The van der Waals surface area contributed by atoms with Crippen molar-refractivity contribution in [1.29, 1.82) is 0 Å². The van der Waals surface area contributed by atoms with Crippen molar-refractivity contribution in [3.05, 3.63) is 0 Å². The van der Waals surface area contributed by atoms with E-state index in [1.165, 1.54) is 5.01 Å². The maximum Gasteiger partial charge on any atom is 0.303 e. The molecule has 3 N–H and O–H groups in total. The molecule has 0 aromatic heterocycles. The van der Waals surface area contributed by atoms with Gasteiger partial charge in [0.15, 0.2) is 0 Å². The van der Waals surface area contributed by atoms with Crippen LogP contribution in [0.4, 0.5) is 0 Å². The minimum Gasteiger partial charge on any atom is -0.481 e. The monoisotopic (exact) mass is 272 g/mol. The molecule has 19 heavy (non-hydrogen) atoms. The number of amides is 1. The van der Waals surface area contributed by atoms with Crippen molar-refractivity contribution in [2.24, 2.45) is 23.6 Å². The fraction of sp³-hybridized carbons (Fsp3) is 0.857. The summed E-state index contributed by atoms with van der Waals surface area (Å²) >= 11 is 0. The van der Waals surface area contributed by atoms with Crippen molar-refractivity contribution in [3.63, 3.8) is 0 Å². The summed E-state index contributed by atoms with van der Waals surface area (Å²) in [5.74, 6) is 5.58. The van der Waals surface area contributed by atoms with Crippen LogP contribution in [0.25, 0.3) is 0 Å². The third-order valence-electron chi connectivity index (χ3n) is 2.98. The number of rotatable bonds is 9. The van der Waals surface area contributed by atoms with Gasteiger partial charge in [0.1, 0.15) is 0 Å². The van der Waals surface area contributed by atoms with Gasteiger partial charge in [-0.1, -0.05) is 27.7 Å².